The van der Waals surface area contributed by atoms with Gasteiger partial charge in [-0.3, -0.25) is 4.99 Å². The predicted molar refractivity (Wildman–Crippen MR) is 145 cm³/mol. The molecule has 0 aliphatic heterocycles. The third-order valence-corrected chi connectivity index (χ3v) is 8.23. The highest BCUT2D eigenvalue weighted by atomic mass is 31.1. The van der Waals surface area contributed by atoms with Gasteiger partial charge in [-0.25, -0.2) is 0 Å². The van der Waals surface area contributed by atoms with Gasteiger partial charge in [0.15, 0.2) is 0 Å². The second kappa shape index (κ2) is 10.4. The number of rotatable bonds is 7. The zero-order chi connectivity index (χ0) is 22.3. The van der Waals surface area contributed by atoms with Crippen molar-refractivity contribution in [2.45, 2.75) is 12.8 Å². The van der Waals surface area contributed by atoms with Crippen LogP contribution in [0.15, 0.2) is 138 Å². The summed E-state index contributed by atoms with van der Waals surface area (Å²) in [6.45, 7) is 0. The summed E-state index contributed by atoms with van der Waals surface area (Å²) >= 11 is 0. The average molecular weight is 444 g/mol. The van der Waals surface area contributed by atoms with Crippen LogP contribution in [0.3, 0.4) is 0 Å². The number of benzene rings is 5. The van der Waals surface area contributed by atoms with Crippen LogP contribution >= 0.6 is 7.92 Å². The van der Waals surface area contributed by atoms with E-state index in [9.17, 15) is 0 Å². The Balaban J connectivity index is 1.61. The minimum Gasteiger partial charge on any atom is -0.252 e. The number of nitrogens with zero attached hydrogens (tertiary/aromatic N) is 1. The number of hydrogen-bond acceptors (Lipinski definition) is 1. The Bertz CT molecular complexity index is 1310. The minimum atomic E-state index is -0.727. The summed E-state index contributed by atoms with van der Waals surface area (Å²) in [6, 6.07) is 47.5. The molecule has 5 aromatic carbocycles. The first-order chi connectivity index (χ1) is 16.4. The van der Waals surface area contributed by atoms with E-state index in [2.05, 4.69) is 133 Å². The van der Waals surface area contributed by atoms with Gasteiger partial charge in [0.05, 0.1) is 11.1 Å². The molecule has 33 heavy (non-hydrogen) atoms. The van der Waals surface area contributed by atoms with Gasteiger partial charge in [0.1, 0.15) is 0 Å². The van der Waals surface area contributed by atoms with E-state index in [-0.39, 0.29) is 0 Å². The van der Waals surface area contributed by atoms with Crippen LogP contribution < -0.4 is 10.6 Å². The van der Waals surface area contributed by atoms with Crippen molar-refractivity contribution in [2.24, 2.45) is 4.99 Å². The second-order valence-electron chi connectivity index (χ2n) is 8.05. The van der Waals surface area contributed by atoms with Gasteiger partial charge in [-0.2, -0.15) is 0 Å². The summed E-state index contributed by atoms with van der Waals surface area (Å²) < 4.78 is 0. The zero-order valence-corrected chi connectivity index (χ0v) is 19.4. The molecule has 0 amide bonds. The van der Waals surface area contributed by atoms with Crippen molar-refractivity contribution in [2.75, 3.05) is 0 Å². The van der Waals surface area contributed by atoms with E-state index in [1.807, 2.05) is 0 Å². The molecule has 0 aromatic heterocycles. The number of aryl methyl sites for hydroxylation is 1. The largest absolute Gasteiger partial charge is 0.252 e. The van der Waals surface area contributed by atoms with Crippen LogP contribution in [-0.2, 0) is 6.42 Å². The molecule has 5 aromatic rings. The molecule has 1 nitrogen and oxygen atoms in total. The third-order valence-electron chi connectivity index (χ3n) is 5.76. The fourth-order valence-electron chi connectivity index (χ4n) is 4.12. The van der Waals surface area contributed by atoms with Crippen molar-refractivity contribution >= 4 is 40.4 Å². The Hall–Kier alpha value is -3.54. The number of aliphatic imine (C=N–C) groups is 1. The van der Waals surface area contributed by atoms with Crippen LogP contribution in [0.1, 0.15) is 12.0 Å². The summed E-state index contributed by atoms with van der Waals surface area (Å²) in [6.07, 6.45) is 1.90. The predicted octanol–water partition coefficient (Wildman–Crippen LogP) is 7.64. The summed E-state index contributed by atoms with van der Waals surface area (Å²) in [5.41, 5.74) is 3.62. The Labute approximate surface area is 197 Å². The monoisotopic (exact) mass is 443 g/mol. The maximum atomic E-state index is 5.32. The highest BCUT2D eigenvalue weighted by molar-refractivity contribution is 7.88. The summed E-state index contributed by atoms with van der Waals surface area (Å²) in [4.78, 5) is 5.32. The average Bonchev–Trinajstić information content (AvgIpc) is 2.89. The number of hydrogen-bond donors (Lipinski definition) is 0. The van der Waals surface area contributed by atoms with Gasteiger partial charge < -0.3 is 0 Å². The molecule has 0 fully saturated rings. The highest BCUT2D eigenvalue weighted by Crippen LogP contribution is 2.39. The van der Waals surface area contributed by atoms with Gasteiger partial charge in [0, 0.05) is 7.92 Å². The van der Waals surface area contributed by atoms with Gasteiger partial charge >= 0.3 is 0 Å². The van der Waals surface area contributed by atoms with Gasteiger partial charge in [-0.05, 0) is 51.9 Å². The van der Waals surface area contributed by atoms with Crippen molar-refractivity contribution in [3.63, 3.8) is 0 Å². The molecule has 0 heterocycles. The maximum Gasteiger partial charge on any atom is 0.0640 e. The molecule has 0 unspecified atom stereocenters. The topological polar surface area (TPSA) is 12.4 Å². The molecule has 0 spiro atoms. The van der Waals surface area contributed by atoms with Crippen LogP contribution in [0.5, 0.6) is 0 Å². The molecule has 5 rings (SSSR count). The van der Waals surface area contributed by atoms with Gasteiger partial charge in [-0.15, -0.1) is 0 Å². The molecule has 0 bridgehead atoms. The van der Waals surface area contributed by atoms with Gasteiger partial charge in [0.2, 0.25) is 0 Å². The molecule has 0 aliphatic carbocycles. The standard InChI is InChI=1S/C31H26NP/c1-4-12-25(13-5-1)20-23-31(32-28-22-21-26-14-10-11-15-27(26)24-28)33(29-16-6-2-7-17-29)30-18-8-3-9-19-30/h1-19,21-22,24H,20,23H2. The van der Waals surface area contributed by atoms with Crippen LogP contribution in [-0.4, -0.2) is 5.45 Å². The summed E-state index contributed by atoms with van der Waals surface area (Å²) in [5.74, 6) is 0. The smallest absolute Gasteiger partial charge is 0.0640 e. The molecule has 0 aliphatic rings. The second-order valence-corrected chi connectivity index (χ2v) is 10.3. The lowest BCUT2D eigenvalue weighted by molar-refractivity contribution is 1.05. The minimum absolute atomic E-state index is 0.727. The molecule has 0 saturated carbocycles. The van der Waals surface area contributed by atoms with Crippen LogP contribution in [0.25, 0.3) is 10.8 Å². The van der Waals surface area contributed by atoms with Gasteiger partial charge in [-0.1, -0.05) is 121 Å². The molecular weight excluding hydrogens is 417 g/mol. The van der Waals surface area contributed by atoms with Crippen molar-refractivity contribution in [3.05, 3.63) is 139 Å². The van der Waals surface area contributed by atoms with Crippen LogP contribution in [0.4, 0.5) is 5.69 Å². The Kier molecular flexibility index (Phi) is 6.71. The Morgan fingerprint density at radius 2 is 1.09 bits per heavy atom. The lowest BCUT2D eigenvalue weighted by Crippen LogP contribution is -2.18. The Morgan fingerprint density at radius 1 is 0.545 bits per heavy atom. The normalized spacial score (nSPS) is 11.7. The lowest BCUT2D eigenvalue weighted by atomic mass is 10.1. The molecule has 2 heteroatoms. The van der Waals surface area contributed by atoms with E-state index >= 15 is 0 Å². The molecule has 160 valence electrons. The molecule has 0 radical (unpaired) electrons. The fourth-order valence-corrected chi connectivity index (χ4v) is 6.50. The first-order valence-corrected chi connectivity index (χ1v) is 12.7. The molecule has 0 N–H and O–H groups in total. The number of fused-ring (bicyclic) bond motifs is 1. The SMILES string of the molecule is c1ccc(CCC(=Nc2ccc3ccccc3c2)P(c2ccccc2)c2ccccc2)cc1. The maximum absolute atomic E-state index is 5.32. The highest BCUT2D eigenvalue weighted by Gasteiger charge is 2.20. The van der Waals surface area contributed by atoms with Crippen LogP contribution in [0.2, 0.25) is 0 Å². The third kappa shape index (κ3) is 5.28. The van der Waals surface area contributed by atoms with Crippen molar-refractivity contribution in [1.29, 1.82) is 0 Å². The van der Waals surface area contributed by atoms with Crippen molar-refractivity contribution in [3.8, 4) is 0 Å². The van der Waals surface area contributed by atoms with Crippen molar-refractivity contribution < 1.29 is 0 Å². The summed E-state index contributed by atoms with van der Waals surface area (Å²) in [7, 11) is -0.727. The molecule has 0 atom stereocenters. The lowest BCUT2D eigenvalue weighted by Gasteiger charge is -2.21. The zero-order valence-electron chi connectivity index (χ0n) is 18.5. The molecule has 0 saturated heterocycles. The first kappa shape index (κ1) is 21.3. The quantitative estimate of drug-likeness (QED) is 0.181. The first-order valence-electron chi connectivity index (χ1n) is 11.4. The van der Waals surface area contributed by atoms with E-state index in [1.165, 1.54) is 32.4 Å². The van der Waals surface area contributed by atoms with Crippen LogP contribution in [0, 0.1) is 0 Å². The van der Waals surface area contributed by atoms with E-state index in [1.54, 1.807) is 0 Å². The van der Waals surface area contributed by atoms with Gasteiger partial charge in [0.25, 0.3) is 0 Å². The fraction of sp³-hybridized carbons (Fsp3) is 0.0645. The molecular formula is C31H26NP. The Morgan fingerprint density at radius 3 is 1.73 bits per heavy atom. The van der Waals surface area contributed by atoms with E-state index in [0.717, 1.165) is 18.5 Å². The van der Waals surface area contributed by atoms with E-state index in [0.29, 0.717) is 0 Å². The van der Waals surface area contributed by atoms with E-state index in [4.69, 9.17) is 4.99 Å². The summed E-state index contributed by atoms with van der Waals surface area (Å²) in [5, 5.41) is 5.15. The van der Waals surface area contributed by atoms with Crippen molar-refractivity contribution in [1.82, 2.24) is 0 Å². The van der Waals surface area contributed by atoms with E-state index < -0.39 is 7.92 Å².